The normalized spacial score (nSPS) is 11.1. The third-order valence-electron chi connectivity index (χ3n) is 2.53. The van der Waals surface area contributed by atoms with Crippen LogP contribution < -0.4 is 4.74 Å². The van der Waals surface area contributed by atoms with Crippen LogP contribution >= 0.6 is 0 Å². The lowest BCUT2D eigenvalue weighted by Crippen LogP contribution is -2.26. The maximum atomic E-state index is 5.63. The molecule has 0 unspecified atom stereocenters. The second-order valence-corrected chi connectivity index (χ2v) is 3.83. The first-order valence-corrected chi connectivity index (χ1v) is 6.40. The Kier molecular flexibility index (Phi) is 7.02. The van der Waals surface area contributed by atoms with Gasteiger partial charge in [0, 0.05) is 25.2 Å². The van der Waals surface area contributed by atoms with E-state index in [1.807, 2.05) is 31.2 Å². The predicted molar refractivity (Wildman–Crippen MR) is 79.4 cm³/mol. The summed E-state index contributed by atoms with van der Waals surface area (Å²) in [6.45, 7) is 10.2. The average Bonchev–Trinajstić information content (AvgIpc) is 2.45. The van der Waals surface area contributed by atoms with E-state index in [4.69, 9.17) is 4.74 Å². The summed E-state index contributed by atoms with van der Waals surface area (Å²) >= 11 is 0. The molecule has 0 aliphatic rings. The number of allylic oxidation sites excluding steroid dienone is 2. The van der Waals surface area contributed by atoms with E-state index in [1.54, 1.807) is 18.6 Å². The zero-order valence-corrected chi connectivity index (χ0v) is 11.6. The van der Waals surface area contributed by atoms with Crippen molar-refractivity contribution in [2.24, 2.45) is 4.99 Å². The molecule has 1 rings (SSSR count). The van der Waals surface area contributed by atoms with E-state index in [2.05, 4.69) is 28.4 Å². The van der Waals surface area contributed by atoms with E-state index in [0.29, 0.717) is 6.61 Å². The van der Waals surface area contributed by atoms with Crippen LogP contribution in [0.15, 0.2) is 54.1 Å². The Morgan fingerprint density at radius 1 is 1.47 bits per heavy atom. The van der Waals surface area contributed by atoms with E-state index >= 15 is 0 Å². The minimum Gasteiger partial charge on any atom is -0.492 e. The molecule has 0 bridgehead atoms. The van der Waals surface area contributed by atoms with Gasteiger partial charge in [-0.05, 0) is 32.1 Å². The molecule has 0 spiro atoms. The van der Waals surface area contributed by atoms with Crippen LogP contribution in [0.4, 0.5) is 0 Å². The van der Waals surface area contributed by atoms with Crippen LogP contribution in [-0.2, 0) is 0 Å². The molecule has 19 heavy (non-hydrogen) atoms. The van der Waals surface area contributed by atoms with Crippen LogP contribution in [0.2, 0.25) is 0 Å². The first-order chi connectivity index (χ1) is 9.27. The molecular formula is C15H21N3O. The molecule has 0 saturated heterocycles. The van der Waals surface area contributed by atoms with Crippen molar-refractivity contribution in [3.63, 3.8) is 0 Å². The molecule has 4 heteroatoms. The fraction of sp³-hybridized carbons (Fsp3) is 0.333. The molecule has 0 N–H and O–H groups in total. The zero-order chi connectivity index (χ0) is 13.9. The molecule has 0 amide bonds. The van der Waals surface area contributed by atoms with Gasteiger partial charge in [0.25, 0.3) is 0 Å². The first kappa shape index (κ1) is 15.0. The number of aliphatic imine (C=N–C) groups is 1. The van der Waals surface area contributed by atoms with Crippen molar-refractivity contribution in [2.75, 3.05) is 19.7 Å². The second kappa shape index (κ2) is 8.91. The van der Waals surface area contributed by atoms with Gasteiger partial charge in [0.05, 0.1) is 6.54 Å². The van der Waals surface area contributed by atoms with Gasteiger partial charge in [-0.3, -0.25) is 4.98 Å². The number of ether oxygens (including phenoxy) is 1. The number of nitrogens with zero attached hydrogens (tertiary/aromatic N) is 3. The summed E-state index contributed by atoms with van der Waals surface area (Å²) in [5.41, 5.74) is 0. The Labute approximate surface area is 115 Å². The van der Waals surface area contributed by atoms with E-state index in [0.717, 1.165) is 24.7 Å². The summed E-state index contributed by atoms with van der Waals surface area (Å²) in [6, 6.07) is 3.69. The maximum Gasteiger partial charge on any atom is 0.122 e. The first-order valence-electron chi connectivity index (χ1n) is 6.40. The Bertz CT molecular complexity index is 426. The van der Waals surface area contributed by atoms with Crippen LogP contribution in [0.5, 0.6) is 5.75 Å². The smallest absolute Gasteiger partial charge is 0.122 e. The number of likely N-dealkylation sites (N-methyl/N-ethyl adjacent to an activating group) is 1. The highest BCUT2D eigenvalue weighted by atomic mass is 16.5. The van der Waals surface area contributed by atoms with Gasteiger partial charge in [0.2, 0.25) is 0 Å². The highest BCUT2D eigenvalue weighted by Crippen LogP contribution is 2.08. The molecule has 4 nitrogen and oxygen atoms in total. The molecule has 0 radical (unpaired) electrons. The highest BCUT2D eigenvalue weighted by Gasteiger charge is 2.03. The van der Waals surface area contributed by atoms with Crippen LogP contribution in [0, 0.1) is 0 Å². The van der Waals surface area contributed by atoms with Crippen LogP contribution in [0.3, 0.4) is 0 Å². The van der Waals surface area contributed by atoms with Gasteiger partial charge in [-0.2, -0.15) is 0 Å². The SMILES string of the molecule is C=C(/N=C\C=C/C)N(CC)CCOc1ccncc1. The van der Waals surface area contributed by atoms with Crippen molar-refractivity contribution in [1.29, 1.82) is 0 Å². The summed E-state index contributed by atoms with van der Waals surface area (Å²) in [5, 5.41) is 0. The summed E-state index contributed by atoms with van der Waals surface area (Å²) in [7, 11) is 0. The van der Waals surface area contributed by atoms with Gasteiger partial charge in [-0.25, -0.2) is 4.99 Å². The minimum absolute atomic E-state index is 0.593. The molecular weight excluding hydrogens is 238 g/mol. The lowest BCUT2D eigenvalue weighted by atomic mass is 10.4. The summed E-state index contributed by atoms with van der Waals surface area (Å²) in [5.74, 6) is 1.58. The molecule has 0 aliphatic heterocycles. The van der Waals surface area contributed by atoms with Crippen LogP contribution in [0.25, 0.3) is 0 Å². The largest absolute Gasteiger partial charge is 0.492 e. The summed E-state index contributed by atoms with van der Waals surface area (Å²) in [4.78, 5) is 10.3. The Balaban J connectivity index is 2.38. The molecule has 0 fully saturated rings. The molecule has 0 atom stereocenters. The van der Waals surface area contributed by atoms with Crippen molar-refractivity contribution in [1.82, 2.24) is 9.88 Å². The molecule has 102 valence electrons. The van der Waals surface area contributed by atoms with Gasteiger partial charge in [0.15, 0.2) is 0 Å². The Hall–Kier alpha value is -2.10. The van der Waals surface area contributed by atoms with E-state index < -0.39 is 0 Å². The van der Waals surface area contributed by atoms with Gasteiger partial charge in [0.1, 0.15) is 18.2 Å². The van der Waals surface area contributed by atoms with Crippen molar-refractivity contribution < 1.29 is 4.74 Å². The Morgan fingerprint density at radius 2 is 2.21 bits per heavy atom. The molecule has 1 aromatic rings. The topological polar surface area (TPSA) is 37.7 Å². The maximum absolute atomic E-state index is 5.63. The lowest BCUT2D eigenvalue weighted by molar-refractivity contribution is 0.248. The number of pyridine rings is 1. The van der Waals surface area contributed by atoms with Gasteiger partial charge in [-0.15, -0.1) is 0 Å². The number of hydrogen-bond donors (Lipinski definition) is 0. The molecule has 1 aromatic heterocycles. The highest BCUT2D eigenvalue weighted by molar-refractivity contribution is 5.71. The van der Waals surface area contributed by atoms with Crippen LogP contribution in [-0.4, -0.2) is 35.8 Å². The van der Waals surface area contributed by atoms with Gasteiger partial charge in [-0.1, -0.05) is 12.7 Å². The number of hydrogen-bond acceptors (Lipinski definition) is 4. The fourth-order valence-corrected chi connectivity index (χ4v) is 1.47. The van der Waals surface area contributed by atoms with Gasteiger partial charge < -0.3 is 9.64 Å². The van der Waals surface area contributed by atoms with Crippen LogP contribution in [0.1, 0.15) is 13.8 Å². The molecule has 1 heterocycles. The molecule has 0 aromatic carbocycles. The summed E-state index contributed by atoms with van der Waals surface area (Å²) in [6.07, 6.45) is 8.99. The van der Waals surface area contributed by atoms with Crippen molar-refractivity contribution in [2.45, 2.75) is 13.8 Å². The average molecular weight is 259 g/mol. The number of rotatable bonds is 8. The van der Waals surface area contributed by atoms with E-state index in [9.17, 15) is 0 Å². The van der Waals surface area contributed by atoms with E-state index in [-0.39, 0.29) is 0 Å². The van der Waals surface area contributed by atoms with Gasteiger partial charge >= 0.3 is 0 Å². The van der Waals surface area contributed by atoms with Crippen molar-refractivity contribution in [3.8, 4) is 5.75 Å². The summed E-state index contributed by atoms with van der Waals surface area (Å²) < 4.78 is 5.63. The fourth-order valence-electron chi connectivity index (χ4n) is 1.47. The third kappa shape index (κ3) is 5.86. The van der Waals surface area contributed by atoms with Crippen molar-refractivity contribution in [3.05, 3.63) is 49.1 Å². The molecule has 0 aliphatic carbocycles. The zero-order valence-electron chi connectivity index (χ0n) is 11.6. The predicted octanol–water partition coefficient (Wildman–Crippen LogP) is 2.90. The van der Waals surface area contributed by atoms with Crippen molar-refractivity contribution >= 4 is 6.21 Å². The second-order valence-electron chi connectivity index (χ2n) is 3.83. The number of aromatic nitrogens is 1. The third-order valence-corrected chi connectivity index (χ3v) is 2.53. The minimum atomic E-state index is 0.593. The monoisotopic (exact) mass is 259 g/mol. The lowest BCUT2D eigenvalue weighted by Gasteiger charge is -2.22. The Morgan fingerprint density at radius 3 is 2.84 bits per heavy atom. The molecule has 0 saturated carbocycles. The quantitative estimate of drug-likeness (QED) is 0.674. The van der Waals surface area contributed by atoms with E-state index in [1.165, 1.54) is 0 Å². The standard InChI is InChI=1S/C15H21N3O/c1-4-6-9-17-14(3)18(5-2)12-13-19-15-7-10-16-11-8-15/h4,6-11H,3,5,12-13H2,1-2H3/b6-4-,17-9-.